The molecule has 0 fully saturated rings. The van der Waals surface area contributed by atoms with Gasteiger partial charge in [-0.1, -0.05) is 0 Å². The molecule has 1 heterocycles. The Morgan fingerprint density at radius 3 is 2.40 bits per heavy atom. The van der Waals surface area contributed by atoms with Gasteiger partial charge in [0.2, 0.25) is 0 Å². The zero-order valence-corrected chi connectivity index (χ0v) is 11.4. The number of aromatic nitrogens is 1. The molecule has 2 N–H and O–H groups in total. The predicted molar refractivity (Wildman–Crippen MR) is 76.2 cm³/mol. The van der Waals surface area contributed by atoms with Gasteiger partial charge in [-0.2, -0.15) is 0 Å². The van der Waals surface area contributed by atoms with Gasteiger partial charge in [0.1, 0.15) is 11.5 Å². The van der Waals surface area contributed by atoms with E-state index in [9.17, 15) is 4.79 Å². The molecule has 2 rings (SSSR count). The van der Waals surface area contributed by atoms with E-state index in [1.165, 1.54) is 0 Å². The molecule has 5 heteroatoms. The minimum Gasteiger partial charge on any atom is -0.497 e. The van der Waals surface area contributed by atoms with Crippen LogP contribution in [0.2, 0.25) is 0 Å². The van der Waals surface area contributed by atoms with Gasteiger partial charge in [-0.3, -0.25) is 9.78 Å². The molecular formula is C15H16N2O3. The average molecular weight is 272 g/mol. The van der Waals surface area contributed by atoms with E-state index in [1.54, 1.807) is 50.9 Å². The fourth-order valence-electron chi connectivity index (χ4n) is 1.83. The van der Waals surface area contributed by atoms with Crippen LogP contribution in [0, 0.1) is 0 Å². The van der Waals surface area contributed by atoms with Crippen LogP contribution in [0.1, 0.15) is 15.9 Å². The van der Waals surface area contributed by atoms with Crippen molar-refractivity contribution in [2.45, 2.75) is 6.42 Å². The van der Waals surface area contributed by atoms with Crippen LogP contribution in [0.3, 0.4) is 0 Å². The number of nitrogens with zero attached hydrogens (tertiary/aromatic N) is 1. The van der Waals surface area contributed by atoms with Crippen LogP contribution in [0.25, 0.3) is 0 Å². The monoisotopic (exact) mass is 272 g/mol. The number of nitrogen functional groups attached to an aromatic ring is 1. The number of hydrogen-bond donors (Lipinski definition) is 1. The highest BCUT2D eigenvalue weighted by atomic mass is 16.5. The number of nitrogens with two attached hydrogens (primary N) is 1. The molecule has 0 aliphatic heterocycles. The van der Waals surface area contributed by atoms with Crippen LogP contribution >= 0.6 is 0 Å². The Morgan fingerprint density at radius 1 is 1.20 bits per heavy atom. The molecule has 20 heavy (non-hydrogen) atoms. The summed E-state index contributed by atoms with van der Waals surface area (Å²) in [5, 5.41) is 0. The minimum atomic E-state index is -0.0677. The molecule has 104 valence electrons. The molecule has 0 saturated heterocycles. The predicted octanol–water partition coefficient (Wildman–Crippen LogP) is 2.11. The molecule has 0 radical (unpaired) electrons. The fraction of sp³-hybridized carbons (Fsp3) is 0.200. The summed E-state index contributed by atoms with van der Waals surface area (Å²) in [7, 11) is 3.09. The number of hydrogen-bond acceptors (Lipinski definition) is 5. The van der Waals surface area contributed by atoms with Crippen molar-refractivity contribution in [2.75, 3.05) is 20.0 Å². The Bertz CT molecular complexity index is 604. The summed E-state index contributed by atoms with van der Waals surface area (Å²) in [5.74, 6) is 1.08. The third kappa shape index (κ3) is 3.06. The topological polar surface area (TPSA) is 74.4 Å². The van der Waals surface area contributed by atoms with Crippen molar-refractivity contribution >= 4 is 11.5 Å². The Balaban J connectivity index is 2.27. The molecule has 0 spiro atoms. The molecular weight excluding hydrogens is 256 g/mol. The first-order valence-electron chi connectivity index (χ1n) is 6.08. The van der Waals surface area contributed by atoms with E-state index >= 15 is 0 Å². The summed E-state index contributed by atoms with van der Waals surface area (Å²) in [4.78, 5) is 16.3. The van der Waals surface area contributed by atoms with Gasteiger partial charge in [0.05, 0.1) is 14.2 Å². The van der Waals surface area contributed by atoms with Gasteiger partial charge in [-0.05, 0) is 18.2 Å². The largest absolute Gasteiger partial charge is 0.497 e. The quantitative estimate of drug-likeness (QED) is 0.844. The number of Topliss-reactive ketones (excluding diaryl/α,β-unsaturated/α-hetero) is 1. The molecule has 2 aromatic rings. The first kappa shape index (κ1) is 13.9. The SMILES string of the molecule is COc1cc(OC)cc(C(=O)Cc2cnccc2N)c1. The first-order chi connectivity index (χ1) is 9.63. The van der Waals surface area contributed by atoms with Crippen LogP contribution in [-0.4, -0.2) is 25.0 Å². The number of rotatable bonds is 5. The summed E-state index contributed by atoms with van der Waals surface area (Å²) in [6.45, 7) is 0. The third-order valence-electron chi connectivity index (χ3n) is 2.97. The Morgan fingerprint density at radius 2 is 1.85 bits per heavy atom. The van der Waals surface area contributed by atoms with Gasteiger partial charge >= 0.3 is 0 Å². The second kappa shape index (κ2) is 6.06. The molecule has 0 aliphatic carbocycles. The second-order valence-electron chi connectivity index (χ2n) is 4.28. The van der Waals surface area contributed by atoms with Gasteiger partial charge in [0.25, 0.3) is 0 Å². The van der Waals surface area contributed by atoms with Crippen molar-refractivity contribution in [3.05, 3.63) is 47.8 Å². The number of carbonyl (C=O) groups is 1. The standard InChI is InChI=1S/C15H16N2O3/c1-19-12-5-10(6-13(8-12)20-2)15(18)7-11-9-17-4-3-14(11)16/h3-6,8-9H,7H2,1-2H3,(H2,16,17). The van der Waals surface area contributed by atoms with E-state index < -0.39 is 0 Å². The number of ketones is 1. The highest BCUT2D eigenvalue weighted by Gasteiger charge is 2.12. The van der Waals surface area contributed by atoms with E-state index in [-0.39, 0.29) is 12.2 Å². The number of ether oxygens (including phenoxy) is 2. The van der Waals surface area contributed by atoms with Crippen molar-refractivity contribution in [2.24, 2.45) is 0 Å². The van der Waals surface area contributed by atoms with E-state index in [1.807, 2.05) is 0 Å². The summed E-state index contributed by atoms with van der Waals surface area (Å²) < 4.78 is 10.3. The van der Waals surface area contributed by atoms with Crippen molar-refractivity contribution in [3.8, 4) is 11.5 Å². The zero-order chi connectivity index (χ0) is 14.5. The third-order valence-corrected chi connectivity index (χ3v) is 2.97. The van der Waals surface area contributed by atoms with Gasteiger partial charge in [-0.15, -0.1) is 0 Å². The summed E-state index contributed by atoms with van der Waals surface area (Å²) in [6, 6.07) is 6.75. The summed E-state index contributed by atoms with van der Waals surface area (Å²) in [6.07, 6.45) is 3.39. The highest BCUT2D eigenvalue weighted by Crippen LogP contribution is 2.24. The normalized spacial score (nSPS) is 10.1. The van der Waals surface area contributed by atoms with E-state index in [0.29, 0.717) is 28.3 Å². The lowest BCUT2D eigenvalue weighted by Crippen LogP contribution is -2.07. The molecule has 0 aliphatic rings. The molecule has 0 atom stereocenters. The van der Waals surface area contributed by atoms with E-state index in [2.05, 4.69) is 4.98 Å². The molecule has 0 bridgehead atoms. The van der Waals surface area contributed by atoms with E-state index in [0.717, 1.165) is 0 Å². The van der Waals surface area contributed by atoms with Gasteiger partial charge < -0.3 is 15.2 Å². The molecule has 0 saturated carbocycles. The number of methoxy groups -OCH3 is 2. The van der Waals surface area contributed by atoms with Crippen molar-refractivity contribution in [1.82, 2.24) is 4.98 Å². The lowest BCUT2D eigenvalue weighted by Gasteiger charge is -2.08. The van der Waals surface area contributed by atoms with Crippen LogP contribution in [0.4, 0.5) is 5.69 Å². The van der Waals surface area contributed by atoms with Crippen LogP contribution in [0.5, 0.6) is 11.5 Å². The maximum atomic E-state index is 12.3. The van der Waals surface area contributed by atoms with Crippen LogP contribution in [-0.2, 0) is 6.42 Å². The minimum absolute atomic E-state index is 0.0677. The Kier molecular flexibility index (Phi) is 4.20. The molecule has 0 unspecified atom stereocenters. The lowest BCUT2D eigenvalue weighted by atomic mass is 10.0. The van der Waals surface area contributed by atoms with Crippen LogP contribution in [0.15, 0.2) is 36.7 Å². The smallest absolute Gasteiger partial charge is 0.167 e. The number of pyridine rings is 1. The molecule has 1 aromatic heterocycles. The Labute approximate surface area is 117 Å². The van der Waals surface area contributed by atoms with Gasteiger partial charge in [0, 0.05) is 41.7 Å². The van der Waals surface area contributed by atoms with E-state index in [4.69, 9.17) is 15.2 Å². The number of anilines is 1. The van der Waals surface area contributed by atoms with Gasteiger partial charge in [0.15, 0.2) is 5.78 Å². The maximum Gasteiger partial charge on any atom is 0.167 e. The summed E-state index contributed by atoms with van der Waals surface area (Å²) in [5.41, 5.74) is 7.60. The summed E-state index contributed by atoms with van der Waals surface area (Å²) >= 11 is 0. The maximum absolute atomic E-state index is 12.3. The van der Waals surface area contributed by atoms with Crippen molar-refractivity contribution in [3.63, 3.8) is 0 Å². The highest BCUT2D eigenvalue weighted by molar-refractivity contribution is 5.98. The van der Waals surface area contributed by atoms with Crippen molar-refractivity contribution < 1.29 is 14.3 Å². The second-order valence-corrected chi connectivity index (χ2v) is 4.28. The molecule has 1 aromatic carbocycles. The zero-order valence-electron chi connectivity index (χ0n) is 11.4. The number of benzene rings is 1. The Hall–Kier alpha value is -2.56. The molecule has 5 nitrogen and oxygen atoms in total. The van der Waals surface area contributed by atoms with Crippen molar-refractivity contribution in [1.29, 1.82) is 0 Å². The average Bonchev–Trinajstić information content (AvgIpc) is 2.48. The van der Waals surface area contributed by atoms with Crippen LogP contribution < -0.4 is 15.2 Å². The first-order valence-corrected chi connectivity index (χ1v) is 6.08. The van der Waals surface area contributed by atoms with Gasteiger partial charge in [-0.25, -0.2) is 0 Å². The number of carbonyl (C=O) groups excluding carboxylic acids is 1. The molecule has 0 amide bonds. The lowest BCUT2D eigenvalue weighted by molar-refractivity contribution is 0.0992. The fourth-order valence-corrected chi connectivity index (χ4v) is 1.83.